The Morgan fingerprint density at radius 2 is 2.19 bits per heavy atom. The Hall–Kier alpha value is -2.09. The van der Waals surface area contributed by atoms with Crippen molar-refractivity contribution in [3.63, 3.8) is 0 Å². The van der Waals surface area contributed by atoms with Gasteiger partial charge >= 0.3 is 12.0 Å². The van der Waals surface area contributed by atoms with E-state index in [0.29, 0.717) is 13.1 Å². The zero-order chi connectivity index (χ0) is 15.2. The topological polar surface area (TPSA) is 122 Å². The van der Waals surface area contributed by atoms with Crippen molar-refractivity contribution in [2.75, 3.05) is 6.54 Å². The summed E-state index contributed by atoms with van der Waals surface area (Å²) in [5.74, 6) is -1.06. The number of nitrogens with one attached hydrogen (secondary N) is 2. The number of imidazole rings is 1. The maximum absolute atomic E-state index is 11.8. The van der Waals surface area contributed by atoms with E-state index in [1.807, 2.05) is 0 Å². The number of nitrogens with two attached hydrogens (primary N) is 1. The molecule has 0 aliphatic heterocycles. The Balaban J connectivity index is 1.70. The summed E-state index contributed by atoms with van der Waals surface area (Å²) in [6.45, 7) is 0.855. The Morgan fingerprint density at radius 1 is 1.43 bits per heavy atom. The number of aromatic nitrogens is 2. The molecule has 116 valence electrons. The normalized spacial score (nSPS) is 21.8. The summed E-state index contributed by atoms with van der Waals surface area (Å²) in [5, 5.41) is 14.4. The fraction of sp³-hybridized carbons (Fsp3) is 0.615. The molecule has 1 heterocycles. The summed E-state index contributed by atoms with van der Waals surface area (Å²) in [6.07, 6.45) is 6.92. The van der Waals surface area contributed by atoms with Crippen LogP contribution in [0.5, 0.6) is 0 Å². The summed E-state index contributed by atoms with van der Waals surface area (Å²) >= 11 is 0. The number of hydrogen-bond acceptors (Lipinski definition) is 4. The van der Waals surface area contributed by atoms with Crippen molar-refractivity contribution < 1.29 is 14.7 Å². The number of aromatic carboxylic acids is 1. The molecule has 21 heavy (non-hydrogen) atoms. The van der Waals surface area contributed by atoms with E-state index in [2.05, 4.69) is 15.6 Å². The number of urea groups is 1. The number of carbonyl (C=O) groups is 2. The number of carboxylic acids is 1. The second kappa shape index (κ2) is 7.07. The highest BCUT2D eigenvalue weighted by atomic mass is 16.4. The van der Waals surface area contributed by atoms with Gasteiger partial charge in [0.1, 0.15) is 0 Å². The van der Waals surface area contributed by atoms with E-state index in [0.717, 1.165) is 25.7 Å². The molecule has 2 unspecified atom stereocenters. The molecule has 5 N–H and O–H groups in total. The first-order chi connectivity index (χ1) is 10.1. The average molecular weight is 295 g/mol. The third-order valence-electron chi connectivity index (χ3n) is 3.64. The lowest BCUT2D eigenvalue weighted by molar-refractivity contribution is 0.0691. The molecule has 1 fully saturated rings. The van der Waals surface area contributed by atoms with Crippen molar-refractivity contribution in [1.29, 1.82) is 0 Å². The van der Waals surface area contributed by atoms with Gasteiger partial charge in [0, 0.05) is 31.4 Å². The van der Waals surface area contributed by atoms with E-state index in [1.165, 1.54) is 12.5 Å². The van der Waals surface area contributed by atoms with Crippen LogP contribution < -0.4 is 16.4 Å². The predicted octanol–water partition coefficient (Wildman–Crippen LogP) is 0.150. The predicted molar refractivity (Wildman–Crippen MR) is 76.0 cm³/mol. The Morgan fingerprint density at radius 3 is 2.86 bits per heavy atom. The highest BCUT2D eigenvalue weighted by molar-refractivity contribution is 5.84. The number of carbonyl (C=O) groups excluding carboxylic acids is 1. The molecule has 0 spiro atoms. The molecule has 8 nitrogen and oxygen atoms in total. The standard InChI is InChI=1S/C13H21N5O3/c14-9-3-1-2-4-10(9)17-13(21)15-5-6-18-7-11(12(19)20)16-8-18/h7-10H,1-6,14H2,(H,19,20)(H2,15,17,21). The third kappa shape index (κ3) is 4.45. The second-order valence-electron chi connectivity index (χ2n) is 5.26. The smallest absolute Gasteiger partial charge is 0.356 e. The lowest BCUT2D eigenvalue weighted by Gasteiger charge is -2.29. The van der Waals surface area contributed by atoms with Gasteiger partial charge in [-0.05, 0) is 12.8 Å². The van der Waals surface area contributed by atoms with E-state index >= 15 is 0 Å². The lowest BCUT2D eigenvalue weighted by Crippen LogP contribution is -2.52. The fourth-order valence-electron chi connectivity index (χ4n) is 2.45. The summed E-state index contributed by atoms with van der Waals surface area (Å²) in [4.78, 5) is 26.2. The number of nitrogens with zero attached hydrogens (tertiary/aromatic N) is 2. The molecule has 2 rings (SSSR count). The van der Waals surface area contributed by atoms with Gasteiger partial charge in [0.05, 0.1) is 6.33 Å². The monoisotopic (exact) mass is 295 g/mol. The van der Waals surface area contributed by atoms with Crippen molar-refractivity contribution in [1.82, 2.24) is 20.2 Å². The van der Waals surface area contributed by atoms with Crippen LogP contribution in [0.1, 0.15) is 36.2 Å². The van der Waals surface area contributed by atoms with Crippen LogP contribution in [0, 0.1) is 0 Å². The fourth-order valence-corrected chi connectivity index (χ4v) is 2.45. The number of rotatable bonds is 5. The second-order valence-corrected chi connectivity index (χ2v) is 5.26. The van der Waals surface area contributed by atoms with E-state index < -0.39 is 5.97 Å². The summed E-state index contributed by atoms with van der Waals surface area (Å²) in [7, 11) is 0. The highest BCUT2D eigenvalue weighted by Crippen LogP contribution is 2.16. The Kier molecular flexibility index (Phi) is 5.15. The largest absolute Gasteiger partial charge is 0.476 e. The van der Waals surface area contributed by atoms with Gasteiger partial charge in [-0.3, -0.25) is 0 Å². The first-order valence-corrected chi connectivity index (χ1v) is 7.11. The molecule has 0 saturated heterocycles. The summed E-state index contributed by atoms with van der Waals surface area (Å²) < 4.78 is 1.62. The molecule has 1 aromatic rings. The first-order valence-electron chi connectivity index (χ1n) is 7.11. The lowest BCUT2D eigenvalue weighted by atomic mass is 9.91. The van der Waals surface area contributed by atoms with Crippen LogP contribution in [-0.4, -0.2) is 45.3 Å². The van der Waals surface area contributed by atoms with E-state index in [9.17, 15) is 9.59 Å². The highest BCUT2D eigenvalue weighted by Gasteiger charge is 2.22. The van der Waals surface area contributed by atoms with Crippen LogP contribution in [-0.2, 0) is 6.54 Å². The van der Waals surface area contributed by atoms with Gasteiger partial charge in [-0.25, -0.2) is 14.6 Å². The van der Waals surface area contributed by atoms with Crippen molar-refractivity contribution in [3.05, 3.63) is 18.2 Å². The van der Waals surface area contributed by atoms with Crippen molar-refractivity contribution in [2.24, 2.45) is 5.73 Å². The number of amides is 2. The Labute approximate surface area is 122 Å². The molecule has 8 heteroatoms. The molecule has 1 saturated carbocycles. The van der Waals surface area contributed by atoms with Crippen molar-refractivity contribution in [3.8, 4) is 0 Å². The first kappa shape index (κ1) is 15.3. The van der Waals surface area contributed by atoms with Gasteiger partial charge < -0.3 is 26.0 Å². The van der Waals surface area contributed by atoms with E-state index in [4.69, 9.17) is 10.8 Å². The van der Waals surface area contributed by atoms with Crippen LogP contribution in [0.15, 0.2) is 12.5 Å². The van der Waals surface area contributed by atoms with Crippen LogP contribution in [0.25, 0.3) is 0 Å². The summed E-state index contributed by atoms with van der Waals surface area (Å²) in [6, 6.07) is -0.183. The van der Waals surface area contributed by atoms with Crippen LogP contribution >= 0.6 is 0 Å². The van der Waals surface area contributed by atoms with Crippen molar-refractivity contribution in [2.45, 2.75) is 44.3 Å². The molecular formula is C13H21N5O3. The summed E-state index contributed by atoms with van der Waals surface area (Å²) in [5.41, 5.74) is 5.96. The van der Waals surface area contributed by atoms with Crippen LogP contribution in [0.4, 0.5) is 4.79 Å². The van der Waals surface area contributed by atoms with Gasteiger partial charge in [-0.15, -0.1) is 0 Å². The molecule has 0 radical (unpaired) electrons. The minimum absolute atomic E-state index is 0.00682. The molecule has 2 amide bonds. The zero-order valence-electron chi connectivity index (χ0n) is 11.8. The van der Waals surface area contributed by atoms with E-state index in [-0.39, 0.29) is 23.8 Å². The van der Waals surface area contributed by atoms with Crippen LogP contribution in [0.3, 0.4) is 0 Å². The SMILES string of the molecule is NC1CCCCC1NC(=O)NCCn1cnc(C(=O)O)c1. The number of hydrogen-bond donors (Lipinski definition) is 4. The molecule has 2 atom stereocenters. The molecule has 1 aliphatic rings. The van der Waals surface area contributed by atoms with E-state index in [1.54, 1.807) is 4.57 Å². The van der Waals surface area contributed by atoms with Gasteiger partial charge in [-0.1, -0.05) is 12.8 Å². The maximum atomic E-state index is 11.8. The van der Waals surface area contributed by atoms with Gasteiger partial charge in [-0.2, -0.15) is 0 Å². The Bertz CT molecular complexity index is 502. The zero-order valence-corrected chi connectivity index (χ0v) is 11.8. The quantitative estimate of drug-likeness (QED) is 0.616. The van der Waals surface area contributed by atoms with Gasteiger partial charge in [0.15, 0.2) is 5.69 Å². The molecule has 0 bridgehead atoms. The van der Waals surface area contributed by atoms with Crippen LogP contribution in [0.2, 0.25) is 0 Å². The molecule has 1 aliphatic carbocycles. The minimum Gasteiger partial charge on any atom is -0.476 e. The average Bonchev–Trinajstić information content (AvgIpc) is 2.90. The molecular weight excluding hydrogens is 274 g/mol. The van der Waals surface area contributed by atoms with Crippen molar-refractivity contribution >= 4 is 12.0 Å². The minimum atomic E-state index is -1.06. The number of carboxylic acid groups (broad SMARTS) is 1. The molecule has 0 aromatic carbocycles. The van der Waals surface area contributed by atoms with Gasteiger partial charge in [0.25, 0.3) is 0 Å². The third-order valence-corrected chi connectivity index (χ3v) is 3.64. The van der Waals surface area contributed by atoms with Gasteiger partial charge in [0.2, 0.25) is 0 Å². The maximum Gasteiger partial charge on any atom is 0.356 e. The molecule has 1 aromatic heterocycles.